The molecule has 0 aliphatic carbocycles. The predicted octanol–water partition coefficient (Wildman–Crippen LogP) is 3.81. The maximum Gasteiger partial charge on any atom is 0.387 e. The average Bonchev–Trinajstić information content (AvgIpc) is 3.16. The van der Waals surface area contributed by atoms with E-state index >= 15 is 0 Å². The van der Waals surface area contributed by atoms with E-state index in [0.29, 0.717) is 11.3 Å². The van der Waals surface area contributed by atoms with Crippen LogP contribution in [0.3, 0.4) is 0 Å². The van der Waals surface area contributed by atoms with Gasteiger partial charge in [-0.05, 0) is 36.4 Å². The number of aromatic nitrogens is 1. The molecule has 1 heterocycles. The van der Waals surface area contributed by atoms with Crippen molar-refractivity contribution in [1.82, 2.24) is 9.29 Å². The smallest absolute Gasteiger partial charge is 0.387 e. The minimum atomic E-state index is -4.00. The van der Waals surface area contributed by atoms with E-state index in [0.717, 1.165) is 39.9 Å². The van der Waals surface area contributed by atoms with Gasteiger partial charge in [0.25, 0.3) is 0 Å². The number of nitrogens with one attached hydrogen (secondary N) is 1. The second-order valence-corrected chi connectivity index (χ2v) is 9.08. The average molecular weight is 471 g/mol. The van der Waals surface area contributed by atoms with Gasteiger partial charge in [0.15, 0.2) is 5.13 Å². The second kappa shape index (κ2) is 9.45. The largest absolute Gasteiger partial charge is 0.434 e. The quantitative estimate of drug-likeness (QED) is 0.540. The number of hydrogen-bond donors (Lipinski definition) is 1. The molecular weight excluding hydrogens is 455 g/mol. The van der Waals surface area contributed by atoms with Crippen LogP contribution in [0, 0.1) is 5.82 Å². The zero-order chi connectivity index (χ0) is 22.6. The Morgan fingerprint density at radius 1 is 1.19 bits per heavy atom. The Morgan fingerprint density at radius 2 is 1.87 bits per heavy atom. The van der Waals surface area contributed by atoms with Crippen LogP contribution in [0.5, 0.6) is 5.75 Å². The molecule has 0 saturated heterocycles. The Morgan fingerprint density at radius 3 is 2.55 bits per heavy atom. The molecule has 164 valence electrons. The van der Waals surface area contributed by atoms with Crippen molar-refractivity contribution in [3.63, 3.8) is 0 Å². The van der Waals surface area contributed by atoms with Crippen LogP contribution in [-0.4, -0.2) is 43.8 Å². The molecule has 12 heteroatoms. The van der Waals surface area contributed by atoms with E-state index in [4.69, 9.17) is 0 Å². The Labute approximate surface area is 180 Å². The van der Waals surface area contributed by atoms with Crippen LogP contribution in [0.25, 0.3) is 11.3 Å². The van der Waals surface area contributed by atoms with Crippen molar-refractivity contribution < 1.29 is 31.1 Å². The summed E-state index contributed by atoms with van der Waals surface area (Å²) in [5.74, 6) is -1.31. The summed E-state index contributed by atoms with van der Waals surface area (Å²) in [5.41, 5.74) is 0.624. The van der Waals surface area contributed by atoms with E-state index < -0.39 is 34.9 Å². The fourth-order valence-corrected chi connectivity index (χ4v) is 4.42. The molecule has 0 unspecified atom stereocenters. The number of likely N-dealkylation sites (N-methyl/N-ethyl adjacent to an activating group) is 1. The first kappa shape index (κ1) is 22.7. The highest BCUT2D eigenvalue weighted by molar-refractivity contribution is 7.89. The number of ether oxygens (including phenoxy) is 1. The number of rotatable bonds is 8. The van der Waals surface area contributed by atoms with Crippen LogP contribution >= 0.6 is 11.3 Å². The molecule has 0 atom stereocenters. The standard InChI is InChI=1S/C19H16F3N3O4S2/c1-25(31(27,28)13-8-6-12(20)7-9-13)10-17(26)24-19-23-15(11-30-19)14-4-2-3-5-16(14)29-18(21)22/h2-9,11,18H,10H2,1H3,(H,23,24,26). The lowest BCUT2D eigenvalue weighted by molar-refractivity contribution is -0.116. The van der Waals surface area contributed by atoms with Gasteiger partial charge in [0.2, 0.25) is 15.9 Å². The molecule has 1 amide bonds. The summed E-state index contributed by atoms with van der Waals surface area (Å²) in [5, 5.41) is 4.17. The number of carbonyl (C=O) groups is 1. The number of anilines is 1. The third kappa shape index (κ3) is 5.60. The molecule has 1 N–H and O–H groups in total. The molecule has 0 fully saturated rings. The summed E-state index contributed by atoms with van der Waals surface area (Å²) in [6, 6.07) is 10.3. The molecule has 0 radical (unpaired) electrons. The maximum atomic E-state index is 13.0. The third-order valence-corrected chi connectivity index (χ3v) is 6.59. The summed E-state index contributed by atoms with van der Waals surface area (Å²) >= 11 is 1.04. The molecular formula is C19H16F3N3O4S2. The van der Waals surface area contributed by atoms with E-state index in [1.54, 1.807) is 17.5 Å². The minimum absolute atomic E-state index is 0.0641. The molecule has 31 heavy (non-hydrogen) atoms. The molecule has 0 bridgehead atoms. The lowest BCUT2D eigenvalue weighted by Gasteiger charge is -2.16. The Balaban J connectivity index is 1.68. The topological polar surface area (TPSA) is 88.6 Å². The van der Waals surface area contributed by atoms with Crippen molar-refractivity contribution in [2.24, 2.45) is 0 Å². The zero-order valence-electron chi connectivity index (χ0n) is 16.0. The van der Waals surface area contributed by atoms with Gasteiger partial charge in [-0.1, -0.05) is 12.1 Å². The molecule has 0 spiro atoms. The number of thiazole rings is 1. The zero-order valence-corrected chi connectivity index (χ0v) is 17.6. The van der Waals surface area contributed by atoms with Crippen molar-refractivity contribution >= 4 is 32.4 Å². The number of nitrogens with zero attached hydrogens (tertiary/aromatic N) is 2. The van der Waals surface area contributed by atoms with Crippen molar-refractivity contribution in [3.8, 4) is 17.0 Å². The van der Waals surface area contributed by atoms with Crippen LogP contribution < -0.4 is 10.1 Å². The van der Waals surface area contributed by atoms with Gasteiger partial charge in [-0.25, -0.2) is 17.8 Å². The first-order valence-electron chi connectivity index (χ1n) is 8.68. The molecule has 7 nitrogen and oxygen atoms in total. The third-order valence-electron chi connectivity index (χ3n) is 4.02. The van der Waals surface area contributed by atoms with Crippen molar-refractivity contribution in [2.75, 3.05) is 18.9 Å². The summed E-state index contributed by atoms with van der Waals surface area (Å²) in [7, 11) is -2.78. The highest BCUT2D eigenvalue weighted by Crippen LogP contribution is 2.33. The van der Waals surface area contributed by atoms with Crippen molar-refractivity contribution in [2.45, 2.75) is 11.5 Å². The van der Waals surface area contributed by atoms with Crippen molar-refractivity contribution in [1.29, 1.82) is 0 Å². The number of carbonyl (C=O) groups excluding carboxylic acids is 1. The number of halogens is 3. The van der Waals surface area contributed by atoms with Crippen LogP contribution in [0.1, 0.15) is 0 Å². The molecule has 1 aromatic heterocycles. The molecule has 0 aliphatic rings. The van der Waals surface area contributed by atoms with Gasteiger partial charge in [0.05, 0.1) is 17.1 Å². The van der Waals surface area contributed by atoms with E-state index in [2.05, 4.69) is 15.0 Å². The summed E-state index contributed by atoms with van der Waals surface area (Å²) in [4.78, 5) is 16.3. The maximum absolute atomic E-state index is 13.0. The Hall–Kier alpha value is -2.96. The highest BCUT2D eigenvalue weighted by atomic mass is 32.2. The number of amides is 1. The molecule has 3 rings (SSSR count). The van der Waals surface area contributed by atoms with E-state index in [9.17, 15) is 26.4 Å². The monoisotopic (exact) mass is 471 g/mol. The second-order valence-electron chi connectivity index (χ2n) is 6.18. The first-order chi connectivity index (χ1) is 14.7. The van der Waals surface area contributed by atoms with Gasteiger partial charge in [0.1, 0.15) is 11.6 Å². The number of sulfonamides is 1. The van der Waals surface area contributed by atoms with Gasteiger partial charge >= 0.3 is 6.61 Å². The fourth-order valence-electron chi connectivity index (χ4n) is 2.56. The van der Waals surface area contributed by atoms with E-state index in [1.807, 2.05) is 0 Å². The summed E-state index contributed by atoms with van der Waals surface area (Å²) < 4.78 is 68.4. The van der Waals surface area contributed by atoms with Crippen LogP contribution in [0.2, 0.25) is 0 Å². The van der Waals surface area contributed by atoms with Gasteiger partial charge in [-0.3, -0.25) is 4.79 Å². The summed E-state index contributed by atoms with van der Waals surface area (Å²) in [6.45, 7) is -3.52. The molecule has 2 aromatic carbocycles. The molecule has 0 aliphatic heterocycles. The van der Waals surface area contributed by atoms with Gasteiger partial charge < -0.3 is 10.1 Å². The lowest BCUT2D eigenvalue weighted by Crippen LogP contribution is -2.34. The van der Waals surface area contributed by atoms with Gasteiger partial charge in [-0.2, -0.15) is 13.1 Å². The number of para-hydroxylation sites is 1. The molecule has 0 saturated carbocycles. The Bertz CT molecular complexity index is 1170. The van der Waals surface area contributed by atoms with E-state index in [-0.39, 0.29) is 15.8 Å². The minimum Gasteiger partial charge on any atom is -0.434 e. The highest BCUT2D eigenvalue weighted by Gasteiger charge is 2.23. The Kier molecular flexibility index (Phi) is 6.93. The lowest BCUT2D eigenvalue weighted by atomic mass is 10.1. The van der Waals surface area contributed by atoms with Crippen LogP contribution in [-0.2, 0) is 14.8 Å². The summed E-state index contributed by atoms with van der Waals surface area (Å²) in [6.07, 6.45) is 0. The number of hydrogen-bond acceptors (Lipinski definition) is 6. The van der Waals surface area contributed by atoms with Gasteiger partial charge in [0, 0.05) is 18.0 Å². The number of benzene rings is 2. The van der Waals surface area contributed by atoms with Crippen LogP contribution in [0.15, 0.2) is 58.8 Å². The normalized spacial score (nSPS) is 11.7. The number of alkyl halides is 2. The molecule has 3 aromatic rings. The fraction of sp³-hybridized carbons (Fsp3) is 0.158. The SMILES string of the molecule is CN(CC(=O)Nc1nc(-c2ccccc2OC(F)F)cs1)S(=O)(=O)c1ccc(F)cc1. The van der Waals surface area contributed by atoms with Gasteiger partial charge in [-0.15, -0.1) is 11.3 Å². The van der Waals surface area contributed by atoms with Crippen LogP contribution in [0.4, 0.5) is 18.3 Å². The van der Waals surface area contributed by atoms with Crippen molar-refractivity contribution in [3.05, 3.63) is 59.7 Å². The predicted molar refractivity (Wildman–Crippen MR) is 109 cm³/mol. The van der Waals surface area contributed by atoms with E-state index in [1.165, 1.54) is 19.2 Å². The first-order valence-corrected chi connectivity index (χ1v) is 11.0.